The summed E-state index contributed by atoms with van der Waals surface area (Å²) in [5.74, 6) is -0.231. The SMILES string of the molecule is CC(NC(=S)NC1=CC[CH]C=C1)c1ccc(F)cc1. The summed E-state index contributed by atoms with van der Waals surface area (Å²) in [6.07, 6.45) is 9.02. The van der Waals surface area contributed by atoms with E-state index in [2.05, 4.69) is 23.1 Å². The molecule has 0 fully saturated rings. The summed E-state index contributed by atoms with van der Waals surface area (Å²) >= 11 is 5.26. The highest BCUT2D eigenvalue weighted by atomic mass is 32.1. The van der Waals surface area contributed by atoms with Gasteiger partial charge in [0.2, 0.25) is 0 Å². The van der Waals surface area contributed by atoms with Crippen LogP contribution in [0, 0.1) is 12.2 Å². The minimum atomic E-state index is -0.231. The second-order valence-corrected chi connectivity index (χ2v) is 4.77. The van der Waals surface area contributed by atoms with Crippen LogP contribution in [0.15, 0.2) is 48.2 Å². The highest BCUT2D eigenvalue weighted by molar-refractivity contribution is 7.80. The van der Waals surface area contributed by atoms with Crippen molar-refractivity contribution >= 4 is 17.3 Å². The van der Waals surface area contributed by atoms with E-state index in [0.717, 1.165) is 17.7 Å². The Labute approximate surface area is 118 Å². The molecule has 19 heavy (non-hydrogen) atoms. The molecule has 1 radical (unpaired) electrons. The van der Waals surface area contributed by atoms with Crippen molar-refractivity contribution in [3.8, 4) is 0 Å². The van der Waals surface area contributed by atoms with Gasteiger partial charge in [0.25, 0.3) is 0 Å². The molecule has 1 aliphatic rings. The topological polar surface area (TPSA) is 24.1 Å². The minimum Gasteiger partial charge on any atom is -0.356 e. The van der Waals surface area contributed by atoms with Gasteiger partial charge in [-0.1, -0.05) is 24.3 Å². The Morgan fingerprint density at radius 1 is 1.32 bits per heavy atom. The lowest BCUT2D eigenvalue weighted by molar-refractivity contribution is 0.624. The molecule has 2 rings (SSSR count). The van der Waals surface area contributed by atoms with Crippen molar-refractivity contribution in [1.29, 1.82) is 0 Å². The molecule has 0 saturated heterocycles. The summed E-state index contributed by atoms with van der Waals surface area (Å²) in [6.45, 7) is 1.99. The molecule has 4 heteroatoms. The summed E-state index contributed by atoms with van der Waals surface area (Å²) in [6, 6.07) is 6.44. The smallest absolute Gasteiger partial charge is 0.171 e. The van der Waals surface area contributed by atoms with E-state index in [1.165, 1.54) is 12.1 Å². The predicted octanol–water partition coefficient (Wildman–Crippen LogP) is 3.40. The molecule has 1 aliphatic carbocycles. The number of hydrogen-bond acceptors (Lipinski definition) is 1. The molecule has 0 amide bonds. The summed E-state index contributed by atoms with van der Waals surface area (Å²) in [4.78, 5) is 0. The van der Waals surface area contributed by atoms with Crippen LogP contribution in [0.2, 0.25) is 0 Å². The fourth-order valence-corrected chi connectivity index (χ4v) is 2.10. The zero-order valence-corrected chi connectivity index (χ0v) is 11.5. The number of thiocarbonyl (C=S) groups is 1. The lowest BCUT2D eigenvalue weighted by Gasteiger charge is -2.18. The van der Waals surface area contributed by atoms with Gasteiger partial charge >= 0.3 is 0 Å². The third kappa shape index (κ3) is 4.17. The molecule has 2 nitrogen and oxygen atoms in total. The van der Waals surface area contributed by atoms with Gasteiger partial charge in [-0.2, -0.15) is 0 Å². The largest absolute Gasteiger partial charge is 0.356 e. The maximum Gasteiger partial charge on any atom is 0.171 e. The number of allylic oxidation sites excluding steroid dienone is 3. The zero-order chi connectivity index (χ0) is 13.7. The summed E-state index contributed by atoms with van der Waals surface area (Å²) in [5, 5.41) is 6.87. The molecular formula is C15H16FN2S. The van der Waals surface area contributed by atoms with Crippen LogP contribution < -0.4 is 10.6 Å². The number of halogens is 1. The predicted molar refractivity (Wildman–Crippen MR) is 79.8 cm³/mol. The van der Waals surface area contributed by atoms with Gasteiger partial charge in [0, 0.05) is 5.70 Å². The lowest BCUT2D eigenvalue weighted by Crippen LogP contribution is -2.36. The average molecular weight is 275 g/mol. The van der Waals surface area contributed by atoms with E-state index in [1.54, 1.807) is 12.1 Å². The molecule has 0 bridgehead atoms. The van der Waals surface area contributed by atoms with Gasteiger partial charge in [-0.15, -0.1) is 0 Å². The average Bonchev–Trinajstić information content (AvgIpc) is 2.40. The number of nitrogens with one attached hydrogen (secondary N) is 2. The second kappa shape index (κ2) is 6.48. The van der Waals surface area contributed by atoms with E-state index in [1.807, 2.05) is 19.1 Å². The van der Waals surface area contributed by atoms with Crippen molar-refractivity contribution in [3.63, 3.8) is 0 Å². The van der Waals surface area contributed by atoms with Gasteiger partial charge in [0.05, 0.1) is 6.04 Å². The highest BCUT2D eigenvalue weighted by Crippen LogP contribution is 2.13. The van der Waals surface area contributed by atoms with Crippen LogP contribution in [0.3, 0.4) is 0 Å². The van der Waals surface area contributed by atoms with Crippen LogP contribution in [0.4, 0.5) is 4.39 Å². The Balaban J connectivity index is 1.89. The minimum absolute atomic E-state index is 0.0281. The molecule has 99 valence electrons. The van der Waals surface area contributed by atoms with Gasteiger partial charge in [-0.3, -0.25) is 0 Å². The van der Waals surface area contributed by atoms with E-state index in [-0.39, 0.29) is 11.9 Å². The van der Waals surface area contributed by atoms with E-state index in [4.69, 9.17) is 12.2 Å². The first-order valence-electron chi connectivity index (χ1n) is 6.18. The van der Waals surface area contributed by atoms with Gasteiger partial charge in [0.1, 0.15) is 5.82 Å². The van der Waals surface area contributed by atoms with Crippen LogP contribution in [-0.2, 0) is 0 Å². The van der Waals surface area contributed by atoms with Crippen molar-refractivity contribution in [2.24, 2.45) is 0 Å². The molecule has 2 N–H and O–H groups in total. The summed E-state index contributed by atoms with van der Waals surface area (Å²) < 4.78 is 12.8. The molecule has 1 atom stereocenters. The number of benzene rings is 1. The Morgan fingerprint density at radius 2 is 2.05 bits per heavy atom. The number of hydrogen-bond donors (Lipinski definition) is 2. The van der Waals surface area contributed by atoms with Crippen molar-refractivity contribution in [3.05, 3.63) is 66.0 Å². The summed E-state index contributed by atoms with van der Waals surface area (Å²) in [7, 11) is 0. The third-order valence-corrected chi connectivity index (χ3v) is 3.08. The van der Waals surface area contributed by atoms with E-state index >= 15 is 0 Å². The van der Waals surface area contributed by atoms with Crippen LogP contribution in [0.25, 0.3) is 0 Å². The lowest BCUT2D eigenvalue weighted by atomic mass is 10.1. The van der Waals surface area contributed by atoms with Crippen LogP contribution in [0.1, 0.15) is 24.9 Å². The molecule has 0 saturated carbocycles. The first-order chi connectivity index (χ1) is 9.15. The Bertz CT molecular complexity index is 505. The van der Waals surface area contributed by atoms with Gasteiger partial charge in [-0.05, 0) is 55.8 Å². The first kappa shape index (κ1) is 13.7. The van der Waals surface area contributed by atoms with Crippen molar-refractivity contribution in [2.75, 3.05) is 0 Å². The maximum atomic E-state index is 12.8. The molecule has 1 unspecified atom stereocenters. The Morgan fingerprint density at radius 3 is 2.68 bits per heavy atom. The number of rotatable bonds is 3. The molecule has 1 aromatic rings. The van der Waals surface area contributed by atoms with Crippen LogP contribution >= 0.6 is 12.2 Å². The Hall–Kier alpha value is -1.68. The molecule has 0 spiro atoms. The second-order valence-electron chi connectivity index (χ2n) is 4.36. The molecule has 1 aromatic carbocycles. The van der Waals surface area contributed by atoms with Gasteiger partial charge in [0.15, 0.2) is 5.11 Å². The highest BCUT2D eigenvalue weighted by Gasteiger charge is 2.08. The Kier molecular flexibility index (Phi) is 4.68. The summed E-state index contributed by atoms with van der Waals surface area (Å²) in [5.41, 5.74) is 1.98. The molecule has 0 aromatic heterocycles. The fourth-order valence-electron chi connectivity index (χ4n) is 1.80. The van der Waals surface area contributed by atoms with E-state index in [0.29, 0.717) is 5.11 Å². The monoisotopic (exact) mass is 275 g/mol. The molecular weight excluding hydrogens is 259 g/mol. The van der Waals surface area contributed by atoms with E-state index in [9.17, 15) is 4.39 Å². The van der Waals surface area contributed by atoms with Crippen molar-refractivity contribution < 1.29 is 4.39 Å². The zero-order valence-electron chi connectivity index (χ0n) is 10.7. The normalized spacial score (nSPS) is 15.6. The van der Waals surface area contributed by atoms with Gasteiger partial charge < -0.3 is 10.6 Å². The maximum absolute atomic E-state index is 12.8. The molecule has 0 heterocycles. The van der Waals surface area contributed by atoms with Crippen molar-refractivity contribution in [2.45, 2.75) is 19.4 Å². The first-order valence-corrected chi connectivity index (χ1v) is 6.59. The third-order valence-electron chi connectivity index (χ3n) is 2.86. The van der Waals surface area contributed by atoms with Crippen LogP contribution in [0.5, 0.6) is 0 Å². The van der Waals surface area contributed by atoms with Gasteiger partial charge in [-0.25, -0.2) is 4.39 Å². The molecule has 0 aliphatic heterocycles. The quantitative estimate of drug-likeness (QED) is 0.827. The van der Waals surface area contributed by atoms with Crippen LogP contribution in [-0.4, -0.2) is 5.11 Å². The fraction of sp³-hybridized carbons (Fsp3) is 0.200. The standard InChI is InChI=1S/C15H16FN2S/c1-11(12-7-9-13(16)10-8-12)17-15(19)18-14-5-3-2-4-6-14/h2-3,5-11H,4H2,1H3,(H2,17,18,19). The van der Waals surface area contributed by atoms with Crippen molar-refractivity contribution in [1.82, 2.24) is 10.6 Å². The van der Waals surface area contributed by atoms with E-state index < -0.39 is 0 Å².